The first-order valence-corrected chi connectivity index (χ1v) is 22.2. The Hall–Kier alpha value is -5.48. The lowest BCUT2D eigenvalue weighted by Gasteiger charge is -2.41. The Bertz CT molecular complexity index is 2550. The first kappa shape index (κ1) is 41.3. The molecule has 0 saturated carbocycles. The third-order valence-electron chi connectivity index (χ3n) is 10.6. The highest BCUT2D eigenvalue weighted by atomic mass is 127. The molecule has 0 radical (unpaired) electrons. The van der Waals surface area contributed by atoms with E-state index in [2.05, 4.69) is 4.98 Å². The third-order valence-corrected chi connectivity index (χ3v) is 12.0. The minimum Gasteiger partial charge on any atom is -0.358 e. The van der Waals surface area contributed by atoms with Gasteiger partial charge in [0, 0.05) is 6.20 Å². The lowest BCUT2D eigenvalue weighted by Crippen LogP contribution is -2.48. The second-order valence-electron chi connectivity index (χ2n) is 14.4. The van der Waals surface area contributed by atoms with Crippen molar-refractivity contribution < 1.29 is 26.8 Å². The van der Waals surface area contributed by atoms with Crippen molar-refractivity contribution in [2.75, 3.05) is 12.9 Å². The van der Waals surface area contributed by atoms with E-state index in [0.29, 0.717) is 0 Å². The van der Waals surface area contributed by atoms with Crippen LogP contribution in [0, 0.1) is 3.57 Å². The topological polar surface area (TPSA) is 126 Å². The van der Waals surface area contributed by atoms with Crippen LogP contribution in [0.25, 0.3) is 0 Å². The molecular formula is C48H41IN2O8S. The third kappa shape index (κ3) is 8.18. The fraction of sp³-hybridized carbons (Fsp3) is 0.167. The van der Waals surface area contributed by atoms with Crippen LogP contribution in [0.4, 0.5) is 0 Å². The van der Waals surface area contributed by atoms with Crippen molar-refractivity contribution in [3.05, 3.63) is 246 Å². The number of aromatic nitrogens is 2. The molecule has 1 saturated heterocycles. The molecule has 6 aromatic carbocycles. The van der Waals surface area contributed by atoms with Gasteiger partial charge < -0.3 is 14.2 Å². The Morgan fingerprint density at radius 1 is 0.600 bits per heavy atom. The molecule has 0 bridgehead atoms. The Morgan fingerprint density at radius 2 is 0.967 bits per heavy atom. The number of hydrogen-bond donors (Lipinski definition) is 1. The molecule has 2 heterocycles. The summed E-state index contributed by atoms with van der Waals surface area (Å²) in [7, 11) is -4.25. The minimum atomic E-state index is -4.25. The lowest BCUT2D eigenvalue weighted by atomic mass is 9.79. The Kier molecular flexibility index (Phi) is 12.1. The van der Waals surface area contributed by atoms with Crippen molar-refractivity contribution in [2.24, 2.45) is 0 Å². The van der Waals surface area contributed by atoms with E-state index in [-0.39, 0.29) is 10.2 Å². The largest absolute Gasteiger partial charge is 0.358 e. The van der Waals surface area contributed by atoms with E-state index in [0.717, 1.165) is 44.2 Å². The average Bonchev–Trinajstić information content (AvgIpc) is 3.60. The van der Waals surface area contributed by atoms with Gasteiger partial charge in [-0.2, -0.15) is 8.42 Å². The molecule has 1 aliphatic heterocycles. The maximum Gasteiger partial charge on any atom is 0.330 e. The summed E-state index contributed by atoms with van der Waals surface area (Å²) >= 11 is 1.82. The van der Waals surface area contributed by atoms with Crippen LogP contribution in [-0.2, 0) is 39.7 Å². The molecular weight excluding hydrogens is 892 g/mol. The fourth-order valence-corrected chi connectivity index (χ4v) is 9.11. The summed E-state index contributed by atoms with van der Waals surface area (Å²) in [5, 5.41) is 0. The van der Waals surface area contributed by atoms with Gasteiger partial charge >= 0.3 is 5.69 Å². The van der Waals surface area contributed by atoms with Crippen LogP contribution in [0.1, 0.15) is 39.6 Å². The average molecular weight is 933 g/mol. The highest BCUT2D eigenvalue weighted by Crippen LogP contribution is 2.47. The number of nitrogens with zero attached hydrogens (tertiary/aromatic N) is 1. The number of hydrogen-bond acceptors (Lipinski definition) is 8. The van der Waals surface area contributed by atoms with Crippen LogP contribution < -0.4 is 11.2 Å². The van der Waals surface area contributed by atoms with Crippen LogP contribution in [0.5, 0.6) is 0 Å². The van der Waals surface area contributed by atoms with Crippen LogP contribution in [0.2, 0.25) is 0 Å². The zero-order valence-corrected chi connectivity index (χ0v) is 35.4. The molecule has 8 rings (SSSR count). The van der Waals surface area contributed by atoms with Crippen LogP contribution >= 0.6 is 22.6 Å². The first-order valence-electron chi connectivity index (χ1n) is 19.3. The van der Waals surface area contributed by atoms with Gasteiger partial charge in [0.15, 0.2) is 12.3 Å². The van der Waals surface area contributed by atoms with Gasteiger partial charge in [0.1, 0.15) is 23.4 Å². The van der Waals surface area contributed by atoms with E-state index in [1.165, 1.54) is 6.20 Å². The summed E-state index contributed by atoms with van der Waals surface area (Å²) in [6.45, 7) is -0.187. The predicted molar refractivity (Wildman–Crippen MR) is 237 cm³/mol. The van der Waals surface area contributed by atoms with Gasteiger partial charge in [-0.05, 0) is 56.0 Å². The molecule has 0 unspecified atom stereocenters. The van der Waals surface area contributed by atoms with E-state index in [9.17, 15) is 18.0 Å². The highest BCUT2D eigenvalue weighted by Gasteiger charge is 2.55. The van der Waals surface area contributed by atoms with Crippen LogP contribution in [0.15, 0.2) is 198 Å². The van der Waals surface area contributed by atoms with Gasteiger partial charge in [0.25, 0.3) is 15.7 Å². The number of aromatic amines is 1. The standard InChI is InChI=1S/C48H41IN2O8S/c1-60(54,55)59-43-42(58-48(37-26-14-5-15-27-37,38-28-16-6-17-29-38)39-30-18-7-19-31-39)41(57-45(43)51-32-40(49)44(52)50-46(51)53)33-56-47(34-20-8-2-9-21-34,35-22-10-3-11-23-35)36-24-12-4-13-25-36/h2-32,41-43,45H,33H2,1H3,(H,50,52,53)/t41-,42-,43-,45-/m1/s1. The number of rotatable bonds is 14. The summed E-state index contributed by atoms with van der Waals surface area (Å²) in [6, 6.07) is 58.3. The van der Waals surface area contributed by atoms with Crippen molar-refractivity contribution >= 4 is 32.7 Å². The van der Waals surface area contributed by atoms with Crippen molar-refractivity contribution in [3.8, 4) is 0 Å². The van der Waals surface area contributed by atoms with Gasteiger partial charge in [-0.15, -0.1) is 0 Å². The van der Waals surface area contributed by atoms with E-state index < -0.39 is 57.1 Å². The molecule has 10 nitrogen and oxygen atoms in total. The van der Waals surface area contributed by atoms with E-state index in [1.54, 1.807) is 0 Å². The monoisotopic (exact) mass is 932 g/mol. The molecule has 1 N–H and O–H groups in total. The predicted octanol–water partition coefficient (Wildman–Crippen LogP) is 7.77. The smallest absolute Gasteiger partial charge is 0.330 e. The lowest BCUT2D eigenvalue weighted by molar-refractivity contribution is -0.130. The first-order chi connectivity index (χ1) is 29.1. The molecule has 0 aliphatic carbocycles. The maximum atomic E-state index is 13.7. The number of H-pyrrole nitrogens is 1. The zero-order chi connectivity index (χ0) is 41.7. The molecule has 0 amide bonds. The molecule has 304 valence electrons. The number of ether oxygens (including phenoxy) is 3. The van der Waals surface area contributed by atoms with E-state index in [4.69, 9.17) is 18.4 Å². The quantitative estimate of drug-likeness (QED) is 0.0667. The van der Waals surface area contributed by atoms with Crippen molar-refractivity contribution in [1.82, 2.24) is 9.55 Å². The molecule has 0 spiro atoms. The summed E-state index contributed by atoms with van der Waals surface area (Å²) in [6.07, 6.45) is -2.95. The summed E-state index contributed by atoms with van der Waals surface area (Å²) < 4.78 is 55.8. The minimum absolute atomic E-state index is 0.175. The summed E-state index contributed by atoms with van der Waals surface area (Å²) in [5.41, 5.74) is 0.709. The van der Waals surface area contributed by atoms with Gasteiger partial charge in [-0.1, -0.05) is 182 Å². The number of halogens is 1. The zero-order valence-electron chi connectivity index (χ0n) is 32.4. The van der Waals surface area contributed by atoms with Gasteiger partial charge in [-0.25, -0.2) is 4.79 Å². The van der Waals surface area contributed by atoms with E-state index >= 15 is 0 Å². The SMILES string of the molecule is CS(=O)(=O)O[C@@H]1[C@H](OC(c2ccccc2)(c2ccccc2)c2ccccc2)[C@@H](COC(c2ccccc2)(c2ccccc2)c2ccccc2)O[C@H]1n1cc(I)c(=O)[nH]c1=O. The van der Waals surface area contributed by atoms with Crippen LogP contribution in [-0.4, -0.2) is 49.1 Å². The second-order valence-corrected chi connectivity index (χ2v) is 17.2. The Morgan fingerprint density at radius 3 is 1.33 bits per heavy atom. The van der Waals surface area contributed by atoms with Crippen LogP contribution in [0.3, 0.4) is 0 Å². The summed E-state index contributed by atoms with van der Waals surface area (Å²) in [4.78, 5) is 28.6. The second kappa shape index (κ2) is 17.6. The maximum absolute atomic E-state index is 13.7. The van der Waals surface area contributed by atoms with Crippen molar-refractivity contribution in [1.29, 1.82) is 0 Å². The van der Waals surface area contributed by atoms with Crippen molar-refractivity contribution in [3.63, 3.8) is 0 Å². The normalized spacial score (nSPS) is 18.3. The summed E-state index contributed by atoms with van der Waals surface area (Å²) in [5.74, 6) is 0. The van der Waals surface area contributed by atoms with Crippen molar-refractivity contribution in [2.45, 2.75) is 35.7 Å². The van der Waals surface area contributed by atoms with E-state index in [1.807, 2.05) is 205 Å². The van der Waals surface area contributed by atoms with Gasteiger partial charge in [0.2, 0.25) is 0 Å². The number of nitrogens with one attached hydrogen (secondary N) is 1. The Balaban J connectivity index is 1.36. The molecule has 1 aliphatic rings. The Labute approximate surface area is 361 Å². The number of benzene rings is 6. The van der Waals surface area contributed by atoms with Gasteiger partial charge in [-0.3, -0.25) is 18.5 Å². The molecule has 7 aromatic rings. The molecule has 1 fully saturated rings. The molecule has 1 aromatic heterocycles. The molecule has 12 heteroatoms. The molecule has 4 atom stereocenters. The fourth-order valence-electron chi connectivity index (χ4n) is 8.07. The molecule has 60 heavy (non-hydrogen) atoms. The highest BCUT2D eigenvalue weighted by molar-refractivity contribution is 14.1. The van der Waals surface area contributed by atoms with Gasteiger partial charge in [0.05, 0.1) is 16.4 Å².